The van der Waals surface area contributed by atoms with Crippen LogP contribution in [0.4, 0.5) is 0 Å². The SMILES string of the molecule is CCC(C)SCC(=O)C1CCOC2(CCOC2)C1. The number of carbonyl (C=O) groups excluding carboxylic acids is 1. The third kappa shape index (κ3) is 3.49. The van der Waals surface area contributed by atoms with Gasteiger partial charge in [-0.1, -0.05) is 13.8 Å². The van der Waals surface area contributed by atoms with Gasteiger partial charge in [-0.15, -0.1) is 0 Å². The van der Waals surface area contributed by atoms with Crippen LogP contribution in [0, 0.1) is 5.92 Å². The number of Topliss-reactive ketones (excluding diaryl/α,β-unsaturated/α-hetero) is 1. The molecule has 3 unspecified atom stereocenters. The van der Waals surface area contributed by atoms with Gasteiger partial charge in [0, 0.05) is 30.8 Å². The van der Waals surface area contributed by atoms with Crippen molar-refractivity contribution in [2.75, 3.05) is 25.6 Å². The predicted octanol–water partition coefficient (Wildman–Crippen LogP) is 2.67. The number of hydrogen-bond donors (Lipinski definition) is 0. The van der Waals surface area contributed by atoms with Crippen molar-refractivity contribution in [2.24, 2.45) is 5.92 Å². The lowest BCUT2D eigenvalue weighted by Crippen LogP contribution is -2.42. The molecule has 4 heteroatoms. The maximum Gasteiger partial charge on any atom is 0.146 e. The molecular weight excluding hydrogens is 248 g/mol. The summed E-state index contributed by atoms with van der Waals surface area (Å²) in [6.07, 6.45) is 3.84. The Hall–Kier alpha value is -0.0600. The summed E-state index contributed by atoms with van der Waals surface area (Å²) in [5.74, 6) is 1.27. The molecule has 0 aliphatic carbocycles. The van der Waals surface area contributed by atoms with Crippen molar-refractivity contribution in [2.45, 2.75) is 50.4 Å². The Morgan fingerprint density at radius 1 is 1.50 bits per heavy atom. The molecule has 0 saturated carbocycles. The minimum absolute atomic E-state index is 0.139. The van der Waals surface area contributed by atoms with Crippen LogP contribution in [0.5, 0.6) is 0 Å². The molecule has 1 spiro atoms. The summed E-state index contributed by atoms with van der Waals surface area (Å²) in [6.45, 7) is 6.53. The van der Waals surface area contributed by atoms with Crippen LogP contribution >= 0.6 is 11.8 Å². The second-order valence-corrected chi connectivity index (χ2v) is 6.95. The van der Waals surface area contributed by atoms with Gasteiger partial charge in [0.2, 0.25) is 0 Å². The minimum Gasteiger partial charge on any atom is -0.378 e. The van der Waals surface area contributed by atoms with Gasteiger partial charge >= 0.3 is 0 Å². The van der Waals surface area contributed by atoms with E-state index in [1.807, 2.05) is 0 Å². The molecule has 0 bridgehead atoms. The van der Waals surface area contributed by atoms with E-state index >= 15 is 0 Å². The Labute approximate surface area is 114 Å². The van der Waals surface area contributed by atoms with E-state index < -0.39 is 0 Å². The van der Waals surface area contributed by atoms with E-state index in [4.69, 9.17) is 9.47 Å². The molecule has 2 fully saturated rings. The lowest BCUT2D eigenvalue weighted by molar-refractivity contribution is -0.134. The highest BCUT2D eigenvalue weighted by molar-refractivity contribution is 8.00. The van der Waals surface area contributed by atoms with Crippen LogP contribution in [0.3, 0.4) is 0 Å². The maximum atomic E-state index is 12.2. The number of rotatable bonds is 5. The van der Waals surface area contributed by atoms with E-state index in [2.05, 4.69) is 13.8 Å². The number of thioether (sulfide) groups is 1. The molecule has 0 radical (unpaired) electrons. The second-order valence-electron chi connectivity index (χ2n) is 5.52. The van der Waals surface area contributed by atoms with Crippen LogP contribution in [0.1, 0.15) is 39.5 Å². The Bertz CT molecular complexity index is 287. The van der Waals surface area contributed by atoms with Crippen LogP contribution in [0.25, 0.3) is 0 Å². The molecular formula is C14H24O3S. The zero-order chi connectivity index (χ0) is 13.0. The highest BCUT2D eigenvalue weighted by Gasteiger charge is 2.42. The third-order valence-corrected chi connectivity index (χ3v) is 5.45. The van der Waals surface area contributed by atoms with Gasteiger partial charge in [0.05, 0.1) is 18.0 Å². The summed E-state index contributed by atoms with van der Waals surface area (Å²) in [7, 11) is 0. The molecule has 0 N–H and O–H groups in total. The first-order valence-electron chi connectivity index (χ1n) is 7.01. The summed E-state index contributed by atoms with van der Waals surface area (Å²) in [5.41, 5.74) is -0.139. The zero-order valence-electron chi connectivity index (χ0n) is 11.4. The summed E-state index contributed by atoms with van der Waals surface area (Å²) >= 11 is 1.79. The third-order valence-electron chi connectivity index (χ3n) is 4.10. The van der Waals surface area contributed by atoms with E-state index in [0.29, 0.717) is 30.0 Å². The predicted molar refractivity (Wildman–Crippen MR) is 74.1 cm³/mol. The van der Waals surface area contributed by atoms with Crippen molar-refractivity contribution < 1.29 is 14.3 Å². The van der Waals surface area contributed by atoms with Gasteiger partial charge in [-0.2, -0.15) is 11.8 Å². The van der Waals surface area contributed by atoms with Gasteiger partial charge < -0.3 is 9.47 Å². The van der Waals surface area contributed by atoms with Crippen molar-refractivity contribution in [3.63, 3.8) is 0 Å². The number of hydrogen-bond acceptors (Lipinski definition) is 4. The number of ketones is 1. The first kappa shape index (κ1) is 14.4. The van der Waals surface area contributed by atoms with Crippen molar-refractivity contribution in [1.82, 2.24) is 0 Å². The van der Waals surface area contributed by atoms with E-state index in [0.717, 1.165) is 32.3 Å². The molecule has 0 amide bonds. The normalized spacial score (nSPS) is 33.8. The summed E-state index contributed by atoms with van der Waals surface area (Å²) in [4.78, 5) is 12.2. The van der Waals surface area contributed by atoms with Crippen molar-refractivity contribution in [3.05, 3.63) is 0 Å². The fourth-order valence-corrected chi connectivity index (χ4v) is 3.55. The minimum atomic E-state index is -0.139. The molecule has 3 atom stereocenters. The van der Waals surface area contributed by atoms with Crippen molar-refractivity contribution in [3.8, 4) is 0 Å². The molecule has 2 aliphatic rings. The van der Waals surface area contributed by atoms with E-state index in [1.54, 1.807) is 11.8 Å². The fraction of sp³-hybridized carbons (Fsp3) is 0.929. The first-order valence-corrected chi connectivity index (χ1v) is 8.06. The monoisotopic (exact) mass is 272 g/mol. The topological polar surface area (TPSA) is 35.5 Å². The van der Waals surface area contributed by atoms with Gasteiger partial charge in [0.25, 0.3) is 0 Å². The molecule has 2 rings (SSSR count). The fourth-order valence-electron chi connectivity index (χ4n) is 2.63. The quantitative estimate of drug-likeness (QED) is 0.771. The van der Waals surface area contributed by atoms with Gasteiger partial charge in [-0.25, -0.2) is 0 Å². The van der Waals surface area contributed by atoms with Crippen molar-refractivity contribution in [1.29, 1.82) is 0 Å². The molecule has 0 aromatic rings. The van der Waals surface area contributed by atoms with Crippen molar-refractivity contribution >= 4 is 17.5 Å². The first-order chi connectivity index (χ1) is 8.65. The smallest absolute Gasteiger partial charge is 0.146 e. The molecule has 2 heterocycles. The summed E-state index contributed by atoms with van der Waals surface area (Å²) < 4.78 is 11.3. The Morgan fingerprint density at radius 3 is 3.00 bits per heavy atom. The van der Waals surface area contributed by atoms with Gasteiger partial charge in [0.15, 0.2) is 0 Å². The number of ether oxygens (including phenoxy) is 2. The Kier molecular flexibility index (Phi) is 5.10. The molecule has 3 nitrogen and oxygen atoms in total. The molecule has 2 saturated heterocycles. The Balaban J connectivity index is 1.82. The second kappa shape index (κ2) is 6.40. The molecule has 104 valence electrons. The lowest BCUT2D eigenvalue weighted by Gasteiger charge is -2.36. The van der Waals surface area contributed by atoms with Gasteiger partial charge in [0.1, 0.15) is 5.78 Å². The molecule has 0 aromatic heterocycles. The highest BCUT2D eigenvalue weighted by Crippen LogP contribution is 2.36. The zero-order valence-corrected chi connectivity index (χ0v) is 12.3. The largest absolute Gasteiger partial charge is 0.378 e. The summed E-state index contributed by atoms with van der Waals surface area (Å²) in [6, 6.07) is 0. The van der Waals surface area contributed by atoms with Crippen LogP contribution in [-0.2, 0) is 14.3 Å². The highest BCUT2D eigenvalue weighted by atomic mass is 32.2. The lowest BCUT2D eigenvalue weighted by atomic mass is 9.83. The molecule has 18 heavy (non-hydrogen) atoms. The standard InChI is InChI=1S/C14H24O3S/c1-3-11(2)18-9-13(15)12-4-6-17-14(8-12)5-7-16-10-14/h11-12H,3-10H2,1-2H3. The van der Waals surface area contributed by atoms with E-state index in [-0.39, 0.29) is 11.5 Å². The average Bonchev–Trinajstić information content (AvgIpc) is 2.83. The van der Waals surface area contributed by atoms with Gasteiger partial charge in [-0.05, 0) is 19.3 Å². The van der Waals surface area contributed by atoms with Crippen LogP contribution in [0.2, 0.25) is 0 Å². The van der Waals surface area contributed by atoms with Crippen LogP contribution < -0.4 is 0 Å². The summed E-state index contributed by atoms with van der Waals surface area (Å²) in [5, 5.41) is 0.581. The van der Waals surface area contributed by atoms with Crippen LogP contribution in [-0.4, -0.2) is 42.2 Å². The van der Waals surface area contributed by atoms with E-state index in [9.17, 15) is 4.79 Å². The molecule has 2 aliphatic heterocycles. The van der Waals surface area contributed by atoms with Gasteiger partial charge in [-0.3, -0.25) is 4.79 Å². The maximum absolute atomic E-state index is 12.2. The average molecular weight is 272 g/mol. The number of carbonyl (C=O) groups is 1. The van der Waals surface area contributed by atoms with E-state index in [1.165, 1.54) is 0 Å². The molecule has 0 aromatic carbocycles. The van der Waals surface area contributed by atoms with Crippen LogP contribution in [0.15, 0.2) is 0 Å². The Morgan fingerprint density at radius 2 is 2.33 bits per heavy atom.